The Morgan fingerprint density at radius 2 is 1.85 bits per heavy atom. The van der Waals surface area contributed by atoms with Crippen LogP contribution in [-0.4, -0.2) is 15.5 Å². The minimum absolute atomic E-state index is 0.251. The molecule has 0 unspecified atom stereocenters. The van der Waals surface area contributed by atoms with E-state index in [4.69, 9.17) is 0 Å². The first kappa shape index (κ1) is 17.7. The number of para-hydroxylation sites is 2. The van der Waals surface area contributed by atoms with Crippen LogP contribution in [0.5, 0.6) is 0 Å². The monoisotopic (exact) mass is 359 g/mol. The standard InChI is InChI=1S/C19H16F3N3O/c1-25-16-5-3-2-4-15(16)24-17(25)12-23-18(26)11-8-13-6-9-14(10-7-13)19(20,21)22/h2-11H,12H2,1H3,(H,23,26)/b11-8+. The lowest BCUT2D eigenvalue weighted by atomic mass is 10.1. The van der Waals surface area contributed by atoms with Crippen molar-refractivity contribution in [3.63, 3.8) is 0 Å². The van der Waals surface area contributed by atoms with E-state index in [1.807, 2.05) is 35.9 Å². The molecule has 1 amide bonds. The van der Waals surface area contributed by atoms with Crippen LogP contribution in [0.15, 0.2) is 54.6 Å². The van der Waals surface area contributed by atoms with Crippen LogP contribution in [0.1, 0.15) is 17.0 Å². The Morgan fingerprint density at radius 3 is 2.50 bits per heavy atom. The largest absolute Gasteiger partial charge is 0.416 e. The maximum Gasteiger partial charge on any atom is 0.416 e. The molecule has 7 heteroatoms. The van der Waals surface area contributed by atoms with E-state index in [1.54, 1.807) is 0 Å². The Bertz CT molecular complexity index is 956. The second-order valence-corrected chi connectivity index (χ2v) is 5.75. The third-order valence-corrected chi connectivity index (χ3v) is 3.97. The number of hydrogen-bond donors (Lipinski definition) is 1. The van der Waals surface area contributed by atoms with Gasteiger partial charge in [-0.2, -0.15) is 13.2 Å². The molecule has 0 atom stereocenters. The van der Waals surface area contributed by atoms with Crippen molar-refractivity contribution in [1.29, 1.82) is 0 Å². The fourth-order valence-electron chi connectivity index (χ4n) is 2.53. The zero-order valence-corrected chi connectivity index (χ0v) is 13.9. The molecule has 0 fully saturated rings. The van der Waals surface area contributed by atoms with Crippen LogP contribution in [0, 0.1) is 0 Å². The maximum atomic E-state index is 12.5. The van der Waals surface area contributed by atoms with Gasteiger partial charge in [0.2, 0.25) is 5.91 Å². The highest BCUT2D eigenvalue weighted by Crippen LogP contribution is 2.29. The van der Waals surface area contributed by atoms with Crippen LogP contribution in [0.2, 0.25) is 0 Å². The van der Waals surface area contributed by atoms with Gasteiger partial charge in [-0.05, 0) is 35.9 Å². The molecule has 0 aliphatic carbocycles. The number of aryl methyl sites for hydroxylation is 1. The first-order valence-corrected chi connectivity index (χ1v) is 7.88. The lowest BCUT2D eigenvalue weighted by Gasteiger charge is -2.06. The number of aromatic nitrogens is 2. The topological polar surface area (TPSA) is 46.9 Å². The third kappa shape index (κ3) is 3.93. The maximum absolute atomic E-state index is 12.5. The zero-order chi connectivity index (χ0) is 18.7. The van der Waals surface area contributed by atoms with Gasteiger partial charge < -0.3 is 9.88 Å². The summed E-state index contributed by atoms with van der Waals surface area (Å²) in [6, 6.07) is 12.2. The summed E-state index contributed by atoms with van der Waals surface area (Å²) in [6.07, 6.45) is -1.62. The van der Waals surface area contributed by atoms with E-state index in [9.17, 15) is 18.0 Å². The molecule has 1 N–H and O–H groups in total. The predicted molar refractivity (Wildman–Crippen MR) is 93.0 cm³/mol. The quantitative estimate of drug-likeness (QED) is 0.718. The molecule has 1 aromatic heterocycles. The molecule has 134 valence electrons. The van der Waals surface area contributed by atoms with Gasteiger partial charge in [0.05, 0.1) is 23.1 Å². The van der Waals surface area contributed by atoms with Crippen molar-refractivity contribution in [2.24, 2.45) is 7.05 Å². The Hall–Kier alpha value is -3.09. The average Bonchev–Trinajstić information content (AvgIpc) is 2.94. The number of benzene rings is 2. The van der Waals surface area contributed by atoms with Gasteiger partial charge in [-0.3, -0.25) is 4.79 Å². The Kier molecular flexibility index (Phi) is 4.79. The number of carbonyl (C=O) groups excluding carboxylic acids is 1. The molecule has 0 spiro atoms. The zero-order valence-electron chi connectivity index (χ0n) is 13.9. The number of rotatable bonds is 4. The van der Waals surface area contributed by atoms with Gasteiger partial charge in [-0.15, -0.1) is 0 Å². The van der Waals surface area contributed by atoms with Crippen molar-refractivity contribution in [3.05, 3.63) is 71.6 Å². The number of alkyl halides is 3. The van der Waals surface area contributed by atoms with Gasteiger partial charge in [0.25, 0.3) is 0 Å². The number of imidazole rings is 1. The molecular weight excluding hydrogens is 343 g/mol. The van der Waals surface area contributed by atoms with Crippen molar-refractivity contribution in [2.75, 3.05) is 0 Å². The summed E-state index contributed by atoms with van der Waals surface area (Å²) in [7, 11) is 1.87. The molecule has 0 saturated heterocycles. The number of nitrogens with zero attached hydrogens (tertiary/aromatic N) is 2. The molecule has 0 bridgehead atoms. The van der Waals surface area contributed by atoms with Crippen molar-refractivity contribution >= 4 is 23.0 Å². The summed E-state index contributed by atoms with van der Waals surface area (Å²) in [5.74, 6) is 0.361. The first-order valence-electron chi connectivity index (χ1n) is 7.88. The summed E-state index contributed by atoms with van der Waals surface area (Å²) < 4.78 is 39.4. The fourth-order valence-corrected chi connectivity index (χ4v) is 2.53. The van der Waals surface area contributed by atoms with Gasteiger partial charge in [0, 0.05) is 13.1 Å². The summed E-state index contributed by atoms with van der Waals surface area (Å²) >= 11 is 0. The first-order chi connectivity index (χ1) is 12.3. The fraction of sp³-hybridized carbons (Fsp3) is 0.158. The van der Waals surface area contributed by atoms with Crippen molar-refractivity contribution in [1.82, 2.24) is 14.9 Å². The molecular formula is C19H16F3N3O. The molecule has 0 aliphatic rings. The highest BCUT2D eigenvalue weighted by molar-refractivity contribution is 5.91. The summed E-state index contributed by atoms with van der Waals surface area (Å²) in [4.78, 5) is 16.4. The minimum atomic E-state index is -4.37. The number of carbonyl (C=O) groups is 1. The second-order valence-electron chi connectivity index (χ2n) is 5.75. The number of amides is 1. The van der Waals surface area contributed by atoms with Crippen molar-refractivity contribution in [2.45, 2.75) is 12.7 Å². The van der Waals surface area contributed by atoms with E-state index in [2.05, 4.69) is 10.3 Å². The van der Waals surface area contributed by atoms with Gasteiger partial charge >= 0.3 is 6.18 Å². The van der Waals surface area contributed by atoms with Gasteiger partial charge in [-0.25, -0.2) is 4.98 Å². The molecule has 0 saturated carbocycles. The van der Waals surface area contributed by atoms with Crippen molar-refractivity contribution in [3.8, 4) is 0 Å². The average molecular weight is 359 g/mol. The van der Waals surface area contributed by atoms with E-state index in [1.165, 1.54) is 24.3 Å². The van der Waals surface area contributed by atoms with Crippen LogP contribution >= 0.6 is 0 Å². The van der Waals surface area contributed by atoms with E-state index in [-0.39, 0.29) is 12.5 Å². The van der Waals surface area contributed by atoms with Gasteiger partial charge in [0.1, 0.15) is 5.82 Å². The van der Waals surface area contributed by atoms with Crippen molar-refractivity contribution < 1.29 is 18.0 Å². The number of nitrogens with one attached hydrogen (secondary N) is 1. The Balaban J connectivity index is 1.61. The lowest BCUT2D eigenvalue weighted by Crippen LogP contribution is -2.22. The van der Waals surface area contributed by atoms with Gasteiger partial charge in [-0.1, -0.05) is 24.3 Å². The smallest absolute Gasteiger partial charge is 0.345 e. The van der Waals surface area contributed by atoms with Crippen LogP contribution in [0.3, 0.4) is 0 Å². The van der Waals surface area contributed by atoms with Crippen LogP contribution in [-0.2, 0) is 24.6 Å². The molecule has 26 heavy (non-hydrogen) atoms. The van der Waals surface area contributed by atoms with Crippen LogP contribution in [0.4, 0.5) is 13.2 Å². The molecule has 3 aromatic rings. The Morgan fingerprint density at radius 1 is 1.15 bits per heavy atom. The second kappa shape index (κ2) is 7.03. The summed E-state index contributed by atoms with van der Waals surface area (Å²) in [6.45, 7) is 0.251. The molecule has 2 aromatic carbocycles. The minimum Gasteiger partial charge on any atom is -0.345 e. The van der Waals surface area contributed by atoms with E-state index >= 15 is 0 Å². The third-order valence-electron chi connectivity index (χ3n) is 3.97. The lowest BCUT2D eigenvalue weighted by molar-refractivity contribution is -0.137. The number of hydrogen-bond acceptors (Lipinski definition) is 2. The summed E-state index contributed by atoms with van der Waals surface area (Å²) in [5.41, 5.74) is 1.61. The van der Waals surface area contributed by atoms with E-state index in [0.717, 1.165) is 23.2 Å². The van der Waals surface area contributed by atoms with Crippen LogP contribution in [0.25, 0.3) is 17.1 Å². The van der Waals surface area contributed by atoms with Gasteiger partial charge in [0.15, 0.2) is 0 Å². The number of halogens is 3. The number of fused-ring (bicyclic) bond motifs is 1. The van der Waals surface area contributed by atoms with E-state index < -0.39 is 11.7 Å². The Labute approximate surface area is 148 Å². The summed E-state index contributed by atoms with van der Waals surface area (Å²) in [5, 5.41) is 2.72. The predicted octanol–water partition coefficient (Wildman–Crippen LogP) is 3.92. The van der Waals surface area contributed by atoms with E-state index in [0.29, 0.717) is 11.4 Å². The molecule has 4 nitrogen and oxygen atoms in total. The molecule has 3 rings (SSSR count). The highest BCUT2D eigenvalue weighted by atomic mass is 19.4. The highest BCUT2D eigenvalue weighted by Gasteiger charge is 2.29. The SMILES string of the molecule is Cn1c(CNC(=O)/C=C/c2ccc(C(F)(F)F)cc2)nc2ccccc21. The molecule has 0 aliphatic heterocycles. The normalized spacial score (nSPS) is 12.0. The molecule has 1 heterocycles. The van der Waals surface area contributed by atoms with Crippen LogP contribution < -0.4 is 5.32 Å². The molecule has 0 radical (unpaired) electrons.